The van der Waals surface area contributed by atoms with Crippen LogP contribution >= 0.6 is 0 Å². The third-order valence-corrected chi connectivity index (χ3v) is 3.92. The lowest BCUT2D eigenvalue weighted by Crippen LogP contribution is -2.47. The van der Waals surface area contributed by atoms with E-state index in [0.29, 0.717) is 13.1 Å². The summed E-state index contributed by atoms with van der Waals surface area (Å²) in [6, 6.07) is 7.78. The second kappa shape index (κ2) is 7.11. The van der Waals surface area contributed by atoms with Crippen LogP contribution in [0.5, 0.6) is 0 Å². The number of carbonyl (C=O) groups is 2. The molecule has 1 aromatic carbocycles. The number of aryl methyl sites for hydroxylation is 1. The summed E-state index contributed by atoms with van der Waals surface area (Å²) in [5, 5.41) is 5.90. The minimum absolute atomic E-state index is 0.106. The van der Waals surface area contributed by atoms with Crippen molar-refractivity contribution in [1.82, 2.24) is 10.2 Å². The Morgan fingerprint density at radius 1 is 1.24 bits per heavy atom. The number of amides is 3. The van der Waals surface area contributed by atoms with E-state index in [1.165, 1.54) is 0 Å². The molecule has 0 radical (unpaired) electrons. The Morgan fingerprint density at radius 3 is 2.52 bits per heavy atom. The largest absolute Gasteiger partial charge is 0.343 e. The Labute approximate surface area is 125 Å². The van der Waals surface area contributed by atoms with Gasteiger partial charge in [0.2, 0.25) is 5.91 Å². The Hall–Kier alpha value is -2.04. The van der Waals surface area contributed by atoms with Crippen LogP contribution in [0.4, 0.5) is 10.5 Å². The number of para-hydroxylation sites is 1. The van der Waals surface area contributed by atoms with Gasteiger partial charge in [-0.25, -0.2) is 4.79 Å². The first-order chi connectivity index (χ1) is 10.1. The fourth-order valence-electron chi connectivity index (χ4n) is 2.63. The maximum atomic E-state index is 12.1. The van der Waals surface area contributed by atoms with Crippen LogP contribution in [0, 0.1) is 0 Å². The van der Waals surface area contributed by atoms with Gasteiger partial charge >= 0.3 is 6.03 Å². The fraction of sp³-hybridized carbons (Fsp3) is 0.500. The highest BCUT2D eigenvalue weighted by Crippen LogP contribution is 2.16. The number of hydrogen-bond acceptors (Lipinski definition) is 2. The first-order valence-electron chi connectivity index (χ1n) is 7.51. The maximum absolute atomic E-state index is 12.1. The predicted octanol–water partition coefficient (Wildman–Crippen LogP) is 2.38. The molecule has 1 aliphatic rings. The van der Waals surface area contributed by atoms with Gasteiger partial charge in [-0.05, 0) is 30.9 Å². The zero-order valence-corrected chi connectivity index (χ0v) is 12.7. The molecule has 0 saturated carbocycles. The minimum Gasteiger partial charge on any atom is -0.343 e. The van der Waals surface area contributed by atoms with Crippen molar-refractivity contribution >= 4 is 17.6 Å². The van der Waals surface area contributed by atoms with Crippen molar-refractivity contribution in [1.29, 1.82) is 0 Å². The van der Waals surface area contributed by atoms with Crippen molar-refractivity contribution in [2.75, 3.05) is 18.4 Å². The number of rotatable bonds is 3. The molecular formula is C16H23N3O2. The summed E-state index contributed by atoms with van der Waals surface area (Å²) >= 11 is 0. The summed E-state index contributed by atoms with van der Waals surface area (Å²) in [6.07, 6.45) is 2.50. The molecule has 5 nitrogen and oxygen atoms in total. The summed E-state index contributed by atoms with van der Waals surface area (Å²) in [5.41, 5.74) is 1.98. The number of nitrogens with zero attached hydrogens (tertiary/aromatic N) is 1. The molecule has 0 atom stereocenters. The Morgan fingerprint density at radius 2 is 1.90 bits per heavy atom. The van der Waals surface area contributed by atoms with Gasteiger partial charge in [-0.3, -0.25) is 4.79 Å². The molecule has 1 saturated heterocycles. The van der Waals surface area contributed by atoms with Crippen molar-refractivity contribution in [3.8, 4) is 0 Å². The standard InChI is InChI=1S/C16H23N3O2/c1-3-13-6-4-5-7-15(13)18-16(21)17-14-8-10-19(11-9-14)12(2)20/h4-7,14H,3,8-11H2,1-2H3,(H2,17,18,21). The van der Waals surface area contributed by atoms with E-state index in [-0.39, 0.29) is 18.0 Å². The van der Waals surface area contributed by atoms with Gasteiger partial charge in [-0.1, -0.05) is 25.1 Å². The molecule has 0 spiro atoms. The monoisotopic (exact) mass is 289 g/mol. The third kappa shape index (κ3) is 4.21. The van der Waals surface area contributed by atoms with E-state index < -0.39 is 0 Å². The van der Waals surface area contributed by atoms with Gasteiger partial charge in [0.1, 0.15) is 0 Å². The Bertz CT molecular complexity index is 508. The third-order valence-electron chi connectivity index (χ3n) is 3.92. The maximum Gasteiger partial charge on any atom is 0.319 e. The molecule has 0 aliphatic carbocycles. The van der Waals surface area contributed by atoms with Crippen LogP contribution in [0.15, 0.2) is 24.3 Å². The van der Waals surface area contributed by atoms with Gasteiger partial charge in [0.05, 0.1) is 0 Å². The molecule has 0 bridgehead atoms. The summed E-state index contributed by atoms with van der Waals surface area (Å²) < 4.78 is 0. The van der Waals surface area contributed by atoms with Crippen molar-refractivity contribution in [2.45, 2.75) is 39.2 Å². The smallest absolute Gasteiger partial charge is 0.319 e. The minimum atomic E-state index is -0.169. The van der Waals surface area contributed by atoms with E-state index in [4.69, 9.17) is 0 Å². The second-order valence-electron chi connectivity index (χ2n) is 5.39. The first-order valence-corrected chi connectivity index (χ1v) is 7.51. The van der Waals surface area contributed by atoms with Crippen LogP contribution in [0.1, 0.15) is 32.3 Å². The average molecular weight is 289 g/mol. The lowest BCUT2D eigenvalue weighted by Gasteiger charge is -2.31. The van der Waals surface area contributed by atoms with Crippen LogP contribution in [0.3, 0.4) is 0 Å². The molecule has 2 rings (SSSR count). The highest BCUT2D eigenvalue weighted by molar-refractivity contribution is 5.90. The molecule has 114 valence electrons. The zero-order valence-electron chi connectivity index (χ0n) is 12.7. The topological polar surface area (TPSA) is 61.4 Å². The van der Waals surface area contributed by atoms with E-state index in [9.17, 15) is 9.59 Å². The van der Waals surface area contributed by atoms with Gasteiger partial charge in [-0.2, -0.15) is 0 Å². The van der Waals surface area contributed by atoms with Crippen molar-refractivity contribution in [3.63, 3.8) is 0 Å². The molecule has 21 heavy (non-hydrogen) atoms. The van der Waals surface area contributed by atoms with Crippen LogP contribution in [-0.4, -0.2) is 36.0 Å². The van der Waals surface area contributed by atoms with Gasteiger partial charge in [0.15, 0.2) is 0 Å². The summed E-state index contributed by atoms with van der Waals surface area (Å²) in [6.45, 7) is 5.08. The number of carbonyl (C=O) groups excluding carboxylic acids is 2. The van der Waals surface area contributed by atoms with E-state index in [0.717, 1.165) is 30.5 Å². The number of nitrogens with one attached hydrogen (secondary N) is 2. The second-order valence-corrected chi connectivity index (χ2v) is 5.39. The van der Waals surface area contributed by atoms with Gasteiger partial charge in [0.25, 0.3) is 0 Å². The first kappa shape index (κ1) is 15.4. The molecule has 0 aromatic heterocycles. The van der Waals surface area contributed by atoms with Crippen LogP contribution in [-0.2, 0) is 11.2 Å². The molecule has 0 unspecified atom stereocenters. The van der Waals surface area contributed by atoms with E-state index in [2.05, 4.69) is 17.6 Å². The normalized spacial score (nSPS) is 15.6. The van der Waals surface area contributed by atoms with Crippen molar-refractivity contribution < 1.29 is 9.59 Å². The molecular weight excluding hydrogens is 266 g/mol. The Balaban J connectivity index is 1.84. The highest BCUT2D eigenvalue weighted by atomic mass is 16.2. The number of urea groups is 1. The van der Waals surface area contributed by atoms with Crippen LogP contribution < -0.4 is 10.6 Å². The molecule has 1 aromatic rings. The summed E-state index contributed by atoms with van der Waals surface area (Å²) in [4.78, 5) is 25.1. The molecule has 1 aliphatic heterocycles. The molecule has 2 N–H and O–H groups in total. The van der Waals surface area contributed by atoms with E-state index >= 15 is 0 Å². The quantitative estimate of drug-likeness (QED) is 0.897. The molecule has 1 heterocycles. The van der Waals surface area contributed by atoms with E-state index in [1.54, 1.807) is 6.92 Å². The average Bonchev–Trinajstić information content (AvgIpc) is 2.48. The number of hydrogen-bond donors (Lipinski definition) is 2. The SMILES string of the molecule is CCc1ccccc1NC(=O)NC1CCN(C(C)=O)CC1. The van der Waals surface area contributed by atoms with Gasteiger partial charge in [0, 0.05) is 31.7 Å². The van der Waals surface area contributed by atoms with Gasteiger partial charge in [-0.15, -0.1) is 0 Å². The van der Waals surface area contributed by atoms with Crippen molar-refractivity contribution in [3.05, 3.63) is 29.8 Å². The number of piperidine rings is 1. The zero-order chi connectivity index (χ0) is 15.2. The number of likely N-dealkylation sites (tertiary alicyclic amines) is 1. The lowest BCUT2D eigenvalue weighted by atomic mass is 10.1. The number of anilines is 1. The Kier molecular flexibility index (Phi) is 5.20. The van der Waals surface area contributed by atoms with Crippen LogP contribution in [0.25, 0.3) is 0 Å². The molecule has 3 amide bonds. The lowest BCUT2D eigenvalue weighted by molar-refractivity contribution is -0.129. The van der Waals surface area contributed by atoms with E-state index in [1.807, 2.05) is 29.2 Å². The fourth-order valence-corrected chi connectivity index (χ4v) is 2.63. The summed E-state index contributed by atoms with van der Waals surface area (Å²) in [5.74, 6) is 0.106. The molecule has 5 heteroatoms. The van der Waals surface area contributed by atoms with Gasteiger partial charge < -0.3 is 15.5 Å². The molecule has 1 fully saturated rings. The highest BCUT2D eigenvalue weighted by Gasteiger charge is 2.21. The predicted molar refractivity (Wildman–Crippen MR) is 83.3 cm³/mol. The van der Waals surface area contributed by atoms with Crippen LogP contribution in [0.2, 0.25) is 0 Å². The summed E-state index contributed by atoms with van der Waals surface area (Å²) in [7, 11) is 0. The number of benzene rings is 1. The van der Waals surface area contributed by atoms with Crippen molar-refractivity contribution in [2.24, 2.45) is 0 Å².